The molecule has 26 heavy (non-hydrogen) atoms. The van der Waals surface area contributed by atoms with E-state index in [1.165, 1.54) is 54.3 Å². The first-order valence-electron chi connectivity index (χ1n) is 9.96. The Morgan fingerprint density at radius 3 is 2.77 bits per heavy atom. The molecular weight excluding hydrogens is 318 g/mol. The van der Waals surface area contributed by atoms with Crippen molar-refractivity contribution >= 4 is 10.9 Å². The smallest absolute Gasteiger partial charge is 0.0650 e. The molecule has 3 aromatic rings. The van der Waals surface area contributed by atoms with Gasteiger partial charge < -0.3 is 0 Å². The van der Waals surface area contributed by atoms with Gasteiger partial charge in [0, 0.05) is 24.5 Å². The lowest BCUT2D eigenvalue weighted by atomic mass is 9.70. The van der Waals surface area contributed by atoms with Crippen LogP contribution in [0.5, 0.6) is 0 Å². The van der Waals surface area contributed by atoms with Gasteiger partial charge in [-0.2, -0.15) is 5.10 Å². The molecule has 3 atom stereocenters. The number of fused-ring (bicyclic) bond motifs is 4. The highest BCUT2D eigenvalue weighted by Crippen LogP contribution is 2.41. The van der Waals surface area contributed by atoms with Gasteiger partial charge in [0.2, 0.25) is 0 Å². The van der Waals surface area contributed by atoms with Crippen LogP contribution >= 0.6 is 0 Å². The molecule has 134 valence electrons. The van der Waals surface area contributed by atoms with Gasteiger partial charge in [-0.05, 0) is 67.7 Å². The van der Waals surface area contributed by atoms with Crippen LogP contribution in [-0.2, 0) is 13.0 Å². The van der Waals surface area contributed by atoms with Crippen molar-refractivity contribution in [2.24, 2.45) is 11.8 Å². The number of piperidine rings is 2. The fourth-order valence-electron chi connectivity index (χ4n) is 5.21. The standard InChI is InChI=1S/C23H27N3/c1-16-2-4-17(5-3-16)14-26-15-19-7-9-23(26)20(12-19)10-18-6-8-22-21(11-18)13-24-25-22/h2-6,8,11,13,19-20,23H,7,9-10,12,14-15H2,1H3,(H,24,25). The average Bonchev–Trinajstić information content (AvgIpc) is 3.12. The predicted molar refractivity (Wildman–Crippen MR) is 106 cm³/mol. The van der Waals surface area contributed by atoms with Crippen LogP contribution in [0.3, 0.4) is 0 Å². The number of aromatic nitrogens is 2. The number of aromatic amines is 1. The third-order valence-corrected chi connectivity index (χ3v) is 6.52. The fraction of sp³-hybridized carbons (Fsp3) is 0.435. The first-order chi connectivity index (χ1) is 12.7. The molecule has 3 nitrogen and oxygen atoms in total. The molecular formula is C23H27N3. The zero-order chi connectivity index (χ0) is 17.5. The van der Waals surface area contributed by atoms with Crippen molar-refractivity contribution in [1.29, 1.82) is 0 Å². The van der Waals surface area contributed by atoms with Crippen molar-refractivity contribution in [3.8, 4) is 0 Å². The van der Waals surface area contributed by atoms with E-state index in [4.69, 9.17) is 0 Å². The minimum atomic E-state index is 0.737. The Morgan fingerprint density at radius 2 is 1.92 bits per heavy atom. The maximum atomic E-state index is 4.16. The van der Waals surface area contributed by atoms with Gasteiger partial charge in [-0.1, -0.05) is 35.9 Å². The van der Waals surface area contributed by atoms with E-state index in [2.05, 4.69) is 64.5 Å². The normalized spacial score (nSPS) is 25.8. The Kier molecular flexibility index (Phi) is 4.05. The van der Waals surface area contributed by atoms with Gasteiger partial charge in [0.05, 0.1) is 11.7 Å². The molecule has 1 N–H and O–H groups in total. The third-order valence-electron chi connectivity index (χ3n) is 6.52. The Morgan fingerprint density at radius 1 is 1.08 bits per heavy atom. The number of H-pyrrole nitrogens is 1. The Balaban J connectivity index is 1.33. The maximum Gasteiger partial charge on any atom is 0.0650 e. The molecule has 1 saturated carbocycles. The summed E-state index contributed by atoms with van der Waals surface area (Å²) in [7, 11) is 0. The second-order valence-electron chi connectivity index (χ2n) is 8.42. The summed E-state index contributed by atoms with van der Waals surface area (Å²) in [5, 5.41) is 8.45. The molecule has 0 radical (unpaired) electrons. The first kappa shape index (κ1) is 16.1. The molecule has 3 aliphatic rings. The minimum Gasteiger partial charge on any atom is -0.296 e. The number of nitrogens with one attached hydrogen (secondary N) is 1. The van der Waals surface area contributed by atoms with Crippen molar-refractivity contribution in [2.45, 2.75) is 45.2 Å². The van der Waals surface area contributed by atoms with Crippen molar-refractivity contribution in [2.75, 3.05) is 6.54 Å². The van der Waals surface area contributed by atoms with Crippen LogP contribution in [0.15, 0.2) is 48.7 Å². The lowest BCUT2D eigenvalue weighted by Gasteiger charge is -2.50. The van der Waals surface area contributed by atoms with Gasteiger partial charge in [-0.3, -0.25) is 10.00 Å². The second-order valence-corrected chi connectivity index (χ2v) is 8.42. The fourth-order valence-corrected chi connectivity index (χ4v) is 5.21. The number of nitrogens with zero attached hydrogens (tertiary/aromatic N) is 2. The zero-order valence-corrected chi connectivity index (χ0v) is 15.5. The molecule has 3 unspecified atom stereocenters. The minimum absolute atomic E-state index is 0.737. The highest BCUT2D eigenvalue weighted by Gasteiger charge is 2.40. The van der Waals surface area contributed by atoms with Crippen molar-refractivity contribution in [3.63, 3.8) is 0 Å². The molecule has 2 bridgehead atoms. The summed E-state index contributed by atoms with van der Waals surface area (Å²) >= 11 is 0. The molecule has 3 heteroatoms. The van der Waals surface area contributed by atoms with E-state index >= 15 is 0 Å². The summed E-state index contributed by atoms with van der Waals surface area (Å²) in [4.78, 5) is 2.77. The van der Waals surface area contributed by atoms with E-state index in [-0.39, 0.29) is 0 Å². The molecule has 2 aromatic carbocycles. The number of aryl methyl sites for hydroxylation is 1. The van der Waals surface area contributed by atoms with Crippen LogP contribution in [-0.4, -0.2) is 27.7 Å². The van der Waals surface area contributed by atoms with Gasteiger partial charge in [0.1, 0.15) is 0 Å². The van der Waals surface area contributed by atoms with E-state index < -0.39 is 0 Å². The maximum absolute atomic E-state index is 4.16. The van der Waals surface area contributed by atoms with Crippen molar-refractivity contribution < 1.29 is 0 Å². The van der Waals surface area contributed by atoms with Crippen molar-refractivity contribution in [3.05, 3.63) is 65.4 Å². The Bertz CT molecular complexity index is 895. The molecule has 0 amide bonds. The van der Waals surface area contributed by atoms with Crippen LogP contribution in [0.4, 0.5) is 0 Å². The third kappa shape index (κ3) is 3.05. The molecule has 1 aromatic heterocycles. The summed E-state index contributed by atoms with van der Waals surface area (Å²) in [5.74, 6) is 1.67. The largest absolute Gasteiger partial charge is 0.296 e. The number of hydrogen-bond acceptors (Lipinski definition) is 2. The summed E-state index contributed by atoms with van der Waals surface area (Å²) in [6.45, 7) is 4.56. The molecule has 3 fully saturated rings. The van der Waals surface area contributed by atoms with Crippen LogP contribution in [0, 0.1) is 18.8 Å². The van der Waals surface area contributed by atoms with Crippen LogP contribution in [0.2, 0.25) is 0 Å². The summed E-state index contributed by atoms with van der Waals surface area (Å²) in [6.07, 6.45) is 7.34. The molecule has 1 aliphatic carbocycles. The Hall–Kier alpha value is -2.13. The monoisotopic (exact) mass is 345 g/mol. The number of hydrogen-bond donors (Lipinski definition) is 1. The van der Waals surface area contributed by atoms with E-state index in [0.29, 0.717) is 0 Å². The molecule has 6 rings (SSSR count). The topological polar surface area (TPSA) is 31.9 Å². The van der Waals surface area contributed by atoms with Gasteiger partial charge in [0.15, 0.2) is 0 Å². The SMILES string of the molecule is Cc1ccc(CN2CC3CCC2C(Cc2ccc4[nH]ncc4c2)C3)cc1. The average molecular weight is 345 g/mol. The van der Waals surface area contributed by atoms with Gasteiger partial charge in [-0.15, -0.1) is 0 Å². The first-order valence-corrected chi connectivity index (χ1v) is 9.96. The molecule has 0 spiro atoms. The van der Waals surface area contributed by atoms with Crippen LogP contribution in [0.1, 0.15) is 36.0 Å². The zero-order valence-electron chi connectivity index (χ0n) is 15.5. The number of rotatable bonds is 4. The summed E-state index contributed by atoms with van der Waals surface area (Å²) in [5.41, 5.74) is 5.41. The van der Waals surface area contributed by atoms with E-state index in [9.17, 15) is 0 Å². The van der Waals surface area contributed by atoms with Gasteiger partial charge in [-0.25, -0.2) is 0 Å². The molecule has 2 saturated heterocycles. The second kappa shape index (κ2) is 6.55. The van der Waals surface area contributed by atoms with Crippen LogP contribution in [0.25, 0.3) is 10.9 Å². The van der Waals surface area contributed by atoms with Crippen LogP contribution < -0.4 is 0 Å². The predicted octanol–water partition coefficient (Wildman–Crippen LogP) is 4.71. The molecule has 3 heterocycles. The van der Waals surface area contributed by atoms with E-state index in [0.717, 1.165) is 29.9 Å². The lowest BCUT2D eigenvalue weighted by Crippen LogP contribution is -2.53. The summed E-state index contributed by atoms with van der Waals surface area (Å²) in [6, 6.07) is 16.6. The quantitative estimate of drug-likeness (QED) is 0.742. The Labute approximate surface area is 155 Å². The van der Waals surface area contributed by atoms with Gasteiger partial charge in [0.25, 0.3) is 0 Å². The highest BCUT2D eigenvalue weighted by molar-refractivity contribution is 5.78. The van der Waals surface area contributed by atoms with Crippen molar-refractivity contribution in [1.82, 2.24) is 15.1 Å². The van der Waals surface area contributed by atoms with E-state index in [1.54, 1.807) is 0 Å². The lowest BCUT2D eigenvalue weighted by molar-refractivity contribution is -0.00431. The number of benzene rings is 2. The molecule has 2 aliphatic heterocycles. The van der Waals surface area contributed by atoms with Gasteiger partial charge >= 0.3 is 0 Å². The van der Waals surface area contributed by atoms with E-state index in [1.807, 2.05) is 6.20 Å². The highest BCUT2D eigenvalue weighted by atomic mass is 15.2. The summed E-state index contributed by atoms with van der Waals surface area (Å²) < 4.78 is 0.